The summed E-state index contributed by atoms with van der Waals surface area (Å²) < 4.78 is 0. The van der Waals surface area contributed by atoms with E-state index in [-0.39, 0.29) is 12.1 Å². The topological polar surface area (TPSA) is 9.72 Å². The summed E-state index contributed by atoms with van der Waals surface area (Å²) in [5, 5.41) is 2.56. The molecular formula is C61H44BN3. The fourth-order valence-corrected chi connectivity index (χ4v) is 11.4. The highest BCUT2D eigenvalue weighted by Crippen LogP contribution is 2.54. The Morgan fingerprint density at radius 1 is 0.400 bits per heavy atom. The molecule has 0 saturated carbocycles. The average molecular weight is 830 g/mol. The number of benzene rings is 10. The summed E-state index contributed by atoms with van der Waals surface area (Å²) in [7, 11) is 0. The average Bonchev–Trinajstić information content (AvgIpc) is 3.37. The van der Waals surface area contributed by atoms with E-state index in [1.165, 1.54) is 89.0 Å². The zero-order valence-corrected chi connectivity index (χ0v) is 36.4. The standard InChI is InChI=1S/C61H44BN3/c1-61(2)49-31-19-30-47-54(63(42-23-9-4-10-24-42)43-25-11-5-12-26-43)38-37-46(59(47)49)48-39-58-52(40-50(48)61)62-51-32-16-18-34-55(51)64(44-27-13-6-14-28-44)56-35-20-36-57(60(56)62)65(58)53-33-17-15-29-45(53)41-21-7-3-8-22-41/h3-40H,1-2H3. The lowest BCUT2D eigenvalue weighted by atomic mass is 9.33. The zero-order valence-electron chi connectivity index (χ0n) is 36.4. The van der Waals surface area contributed by atoms with E-state index in [1.54, 1.807) is 0 Å². The molecule has 2 aliphatic heterocycles. The summed E-state index contributed by atoms with van der Waals surface area (Å²) >= 11 is 0. The van der Waals surface area contributed by atoms with Crippen LogP contribution in [-0.2, 0) is 5.41 Å². The number of nitrogens with zero attached hydrogens (tertiary/aromatic N) is 3. The van der Waals surface area contributed by atoms with Crippen LogP contribution < -0.4 is 31.1 Å². The van der Waals surface area contributed by atoms with E-state index in [0.717, 1.165) is 22.7 Å². The maximum absolute atomic E-state index is 2.60. The Morgan fingerprint density at radius 2 is 0.985 bits per heavy atom. The van der Waals surface area contributed by atoms with Crippen LogP contribution in [0.15, 0.2) is 231 Å². The van der Waals surface area contributed by atoms with Crippen LogP contribution in [0.5, 0.6) is 0 Å². The van der Waals surface area contributed by atoms with Gasteiger partial charge in [0.25, 0.3) is 6.71 Å². The van der Waals surface area contributed by atoms with Crippen LogP contribution in [0.1, 0.15) is 25.0 Å². The SMILES string of the molecule is CC1(C)c2cc3c(cc2-c2ccc(N(c4ccccc4)c4ccccc4)c4cccc1c24)N(c1ccccc1-c1ccccc1)c1cccc2c1B3c1ccccc1N2c1ccccc1. The molecule has 65 heavy (non-hydrogen) atoms. The van der Waals surface area contributed by atoms with Gasteiger partial charge in [0.2, 0.25) is 0 Å². The lowest BCUT2D eigenvalue weighted by Crippen LogP contribution is -2.61. The molecule has 10 aromatic rings. The van der Waals surface area contributed by atoms with Crippen molar-refractivity contribution in [3.8, 4) is 22.3 Å². The van der Waals surface area contributed by atoms with Gasteiger partial charge in [-0.1, -0.05) is 172 Å². The van der Waals surface area contributed by atoms with E-state index in [4.69, 9.17) is 0 Å². The number of anilines is 9. The number of fused-ring (bicyclic) bond motifs is 6. The monoisotopic (exact) mass is 829 g/mol. The first-order chi connectivity index (χ1) is 32.1. The first kappa shape index (κ1) is 37.5. The van der Waals surface area contributed by atoms with Gasteiger partial charge < -0.3 is 14.7 Å². The van der Waals surface area contributed by atoms with Gasteiger partial charge in [-0.3, -0.25) is 0 Å². The summed E-state index contributed by atoms with van der Waals surface area (Å²) in [5.41, 5.74) is 21.9. The molecule has 4 heteroatoms. The molecule has 0 bridgehead atoms. The van der Waals surface area contributed by atoms with E-state index in [1.807, 2.05) is 0 Å². The van der Waals surface area contributed by atoms with Crippen molar-refractivity contribution >= 4 is 85.1 Å². The lowest BCUT2D eigenvalue weighted by Gasteiger charge is -2.45. The van der Waals surface area contributed by atoms with Crippen molar-refractivity contribution in [2.24, 2.45) is 0 Å². The van der Waals surface area contributed by atoms with Crippen molar-refractivity contribution in [2.45, 2.75) is 19.3 Å². The van der Waals surface area contributed by atoms with E-state index >= 15 is 0 Å². The van der Waals surface area contributed by atoms with Crippen molar-refractivity contribution in [3.05, 3.63) is 242 Å². The van der Waals surface area contributed by atoms with Crippen LogP contribution in [0.25, 0.3) is 33.0 Å². The van der Waals surface area contributed by atoms with Crippen molar-refractivity contribution in [1.29, 1.82) is 0 Å². The Hall–Kier alpha value is -8.08. The van der Waals surface area contributed by atoms with E-state index in [9.17, 15) is 0 Å². The Labute approximate surface area is 381 Å². The molecule has 0 radical (unpaired) electrons. The molecule has 2 heterocycles. The van der Waals surface area contributed by atoms with Crippen LogP contribution in [-0.4, -0.2) is 6.71 Å². The number of rotatable bonds is 6. The minimum Gasteiger partial charge on any atom is -0.311 e. The van der Waals surface area contributed by atoms with Crippen molar-refractivity contribution in [1.82, 2.24) is 0 Å². The molecule has 0 atom stereocenters. The van der Waals surface area contributed by atoms with Gasteiger partial charge in [0.1, 0.15) is 0 Å². The minimum absolute atomic E-state index is 0.0125. The van der Waals surface area contributed by atoms with Gasteiger partial charge in [0.05, 0.1) is 11.4 Å². The number of hydrogen-bond acceptors (Lipinski definition) is 3. The van der Waals surface area contributed by atoms with Crippen molar-refractivity contribution in [2.75, 3.05) is 14.7 Å². The molecule has 0 amide bonds. The van der Waals surface area contributed by atoms with Gasteiger partial charge in [-0.05, 0) is 122 Å². The molecule has 3 aliphatic rings. The molecule has 0 aromatic heterocycles. The third kappa shape index (κ3) is 5.57. The second-order valence-electron chi connectivity index (χ2n) is 18.0. The molecule has 0 fully saturated rings. The molecule has 0 spiro atoms. The third-order valence-electron chi connectivity index (χ3n) is 14.2. The van der Waals surface area contributed by atoms with Crippen molar-refractivity contribution in [3.63, 3.8) is 0 Å². The highest BCUT2D eigenvalue weighted by atomic mass is 15.2. The normalized spacial score (nSPS) is 13.7. The van der Waals surface area contributed by atoms with E-state index in [2.05, 4.69) is 259 Å². The third-order valence-corrected chi connectivity index (χ3v) is 14.2. The Balaban J connectivity index is 1.11. The lowest BCUT2D eigenvalue weighted by molar-refractivity contribution is 0.646. The van der Waals surface area contributed by atoms with Gasteiger partial charge in [0, 0.05) is 56.2 Å². The largest absolute Gasteiger partial charge is 0.311 e. The van der Waals surface area contributed by atoms with Crippen LogP contribution in [0, 0.1) is 0 Å². The van der Waals surface area contributed by atoms with Crippen LogP contribution in [0.3, 0.4) is 0 Å². The maximum atomic E-state index is 2.60. The van der Waals surface area contributed by atoms with Gasteiger partial charge in [-0.2, -0.15) is 0 Å². The predicted molar refractivity (Wildman–Crippen MR) is 276 cm³/mol. The predicted octanol–water partition coefficient (Wildman–Crippen LogP) is 14.4. The fraction of sp³-hybridized carbons (Fsp3) is 0.0492. The zero-order chi connectivity index (χ0) is 43.2. The van der Waals surface area contributed by atoms with E-state index < -0.39 is 0 Å². The fourth-order valence-electron chi connectivity index (χ4n) is 11.4. The molecule has 0 N–H and O–H groups in total. The first-order valence-corrected chi connectivity index (χ1v) is 22.7. The molecule has 0 unspecified atom stereocenters. The molecule has 306 valence electrons. The summed E-state index contributed by atoms with van der Waals surface area (Å²) in [6.07, 6.45) is 0. The molecular weight excluding hydrogens is 786 g/mol. The first-order valence-electron chi connectivity index (χ1n) is 22.7. The highest BCUT2D eigenvalue weighted by Gasteiger charge is 2.45. The molecule has 3 nitrogen and oxygen atoms in total. The van der Waals surface area contributed by atoms with Gasteiger partial charge >= 0.3 is 0 Å². The summed E-state index contributed by atoms with van der Waals surface area (Å²) in [6, 6.07) is 85.1. The van der Waals surface area contributed by atoms with Crippen LogP contribution in [0.2, 0.25) is 0 Å². The highest BCUT2D eigenvalue weighted by molar-refractivity contribution is 7.00. The number of hydrogen-bond donors (Lipinski definition) is 0. The van der Waals surface area contributed by atoms with Crippen LogP contribution in [0.4, 0.5) is 51.2 Å². The van der Waals surface area contributed by atoms with Crippen molar-refractivity contribution < 1.29 is 0 Å². The van der Waals surface area contributed by atoms with E-state index in [0.29, 0.717) is 0 Å². The van der Waals surface area contributed by atoms with Gasteiger partial charge in [-0.15, -0.1) is 0 Å². The molecule has 1 aliphatic carbocycles. The summed E-state index contributed by atoms with van der Waals surface area (Å²) in [6.45, 7) is 4.88. The quantitative estimate of drug-likeness (QED) is 0.155. The van der Waals surface area contributed by atoms with Gasteiger partial charge in [-0.25, -0.2) is 0 Å². The van der Waals surface area contributed by atoms with Crippen LogP contribution >= 0.6 is 0 Å². The summed E-state index contributed by atoms with van der Waals surface area (Å²) in [5.74, 6) is 0. The number of para-hydroxylation sites is 5. The molecule has 10 aromatic carbocycles. The molecule has 13 rings (SSSR count). The Bertz CT molecular complexity index is 3440. The summed E-state index contributed by atoms with van der Waals surface area (Å²) in [4.78, 5) is 7.46. The molecule has 0 saturated heterocycles. The Kier molecular flexibility index (Phi) is 8.35. The maximum Gasteiger partial charge on any atom is 0.252 e. The smallest absolute Gasteiger partial charge is 0.252 e. The minimum atomic E-state index is -0.309. The second kappa shape index (κ2) is 14.5. The Morgan fingerprint density at radius 3 is 1.71 bits per heavy atom. The van der Waals surface area contributed by atoms with Gasteiger partial charge in [0.15, 0.2) is 0 Å². The second-order valence-corrected chi connectivity index (χ2v) is 18.0.